The van der Waals surface area contributed by atoms with E-state index in [0.29, 0.717) is 18.9 Å². The molecule has 4 nitrogen and oxygen atoms in total. The molecular formula is C14H22N2O2S. The minimum absolute atomic E-state index is 0.0490. The molecule has 1 aliphatic rings. The highest BCUT2D eigenvalue weighted by molar-refractivity contribution is 7.89. The van der Waals surface area contributed by atoms with E-state index in [9.17, 15) is 8.42 Å². The van der Waals surface area contributed by atoms with Crippen molar-refractivity contribution in [3.63, 3.8) is 0 Å². The van der Waals surface area contributed by atoms with Gasteiger partial charge in [-0.05, 0) is 30.4 Å². The molecule has 5 heteroatoms. The van der Waals surface area contributed by atoms with Crippen LogP contribution in [-0.2, 0) is 16.4 Å². The Hall–Kier alpha value is -1.07. The van der Waals surface area contributed by atoms with Gasteiger partial charge in [0.1, 0.15) is 0 Å². The Kier molecular flexibility index (Phi) is 4.47. The Morgan fingerprint density at radius 3 is 2.84 bits per heavy atom. The number of nitrogens with one attached hydrogen (secondary N) is 2. The summed E-state index contributed by atoms with van der Waals surface area (Å²) < 4.78 is 26.8. The maximum atomic E-state index is 12.0. The highest BCUT2D eigenvalue weighted by atomic mass is 32.2. The van der Waals surface area contributed by atoms with Gasteiger partial charge in [0, 0.05) is 18.3 Å². The SMILES string of the molecule is CC(C)CCS(=O)(=O)NC1CNc2ccccc2C1. The Balaban J connectivity index is 1.95. The summed E-state index contributed by atoms with van der Waals surface area (Å²) in [5, 5.41) is 3.27. The lowest BCUT2D eigenvalue weighted by atomic mass is 10.0. The van der Waals surface area contributed by atoms with Gasteiger partial charge < -0.3 is 5.32 Å². The van der Waals surface area contributed by atoms with Crippen LogP contribution in [0.4, 0.5) is 5.69 Å². The predicted octanol–water partition coefficient (Wildman–Crippen LogP) is 1.99. The third-order valence-corrected chi connectivity index (χ3v) is 4.80. The van der Waals surface area contributed by atoms with Gasteiger partial charge in [0.05, 0.1) is 5.75 Å². The van der Waals surface area contributed by atoms with E-state index in [1.807, 2.05) is 38.1 Å². The largest absolute Gasteiger partial charge is 0.383 e. The zero-order chi connectivity index (χ0) is 13.9. The van der Waals surface area contributed by atoms with E-state index in [2.05, 4.69) is 10.0 Å². The molecule has 0 saturated carbocycles. The van der Waals surface area contributed by atoms with Gasteiger partial charge in [0.25, 0.3) is 0 Å². The van der Waals surface area contributed by atoms with Gasteiger partial charge in [-0.25, -0.2) is 13.1 Å². The number of anilines is 1. The van der Waals surface area contributed by atoms with Crippen molar-refractivity contribution in [1.29, 1.82) is 0 Å². The maximum absolute atomic E-state index is 12.0. The molecule has 106 valence electrons. The van der Waals surface area contributed by atoms with E-state index < -0.39 is 10.0 Å². The second kappa shape index (κ2) is 5.92. The quantitative estimate of drug-likeness (QED) is 0.868. The van der Waals surface area contributed by atoms with Crippen molar-refractivity contribution in [3.8, 4) is 0 Å². The lowest BCUT2D eigenvalue weighted by Gasteiger charge is -2.26. The van der Waals surface area contributed by atoms with E-state index in [4.69, 9.17) is 0 Å². The van der Waals surface area contributed by atoms with E-state index in [1.165, 1.54) is 5.56 Å². The zero-order valence-electron chi connectivity index (χ0n) is 11.5. The number of fused-ring (bicyclic) bond motifs is 1. The van der Waals surface area contributed by atoms with E-state index in [-0.39, 0.29) is 11.8 Å². The van der Waals surface area contributed by atoms with Crippen molar-refractivity contribution >= 4 is 15.7 Å². The van der Waals surface area contributed by atoms with Gasteiger partial charge in [0.2, 0.25) is 10.0 Å². The minimum Gasteiger partial charge on any atom is -0.383 e. The van der Waals surface area contributed by atoms with E-state index in [1.54, 1.807) is 0 Å². The average molecular weight is 282 g/mol. The first-order chi connectivity index (χ1) is 8.96. The van der Waals surface area contributed by atoms with Crippen molar-refractivity contribution in [3.05, 3.63) is 29.8 Å². The van der Waals surface area contributed by atoms with E-state index in [0.717, 1.165) is 12.1 Å². The highest BCUT2D eigenvalue weighted by Gasteiger charge is 2.22. The lowest BCUT2D eigenvalue weighted by Crippen LogP contribution is -2.44. The molecule has 0 amide bonds. The molecule has 0 fully saturated rings. The number of sulfonamides is 1. The molecule has 1 aliphatic heterocycles. The van der Waals surface area contributed by atoms with Crippen LogP contribution in [0, 0.1) is 5.92 Å². The standard InChI is InChI=1S/C14H22N2O2S/c1-11(2)7-8-19(17,18)16-13-9-12-5-3-4-6-14(12)15-10-13/h3-6,11,13,15-16H,7-10H2,1-2H3. The van der Waals surface area contributed by atoms with Crippen LogP contribution in [0.2, 0.25) is 0 Å². The Morgan fingerprint density at radius 1 is 1.37 bits per heavy atom. The molecule has 19 heavy (non-hydrogen) atoms. The summed E-state index contributed by atoms with van der Waals surface area (Å²) in [6.45, 7) is 4.72. The fraction of sp³-hybridized carbons (Fsp3) is 0.571. The summed E-state index contributed by atoms with van der Waals surface area (Å²) in [6, 6.07) is 7.98. The molecule has 0 radical (unpaired) electrons. The molecule has 0 aromatic heterocycles. The summed E-state index contributed by atoms with van der Waals surface area (Å²) in [7, 11) is -3.17. The molecule has 0 aliphatic carbocycles. The molecule has 1 atom stereocenters. The normalized spacial score (nSPS) is 19.0. The number of hydrogen-bond donors (Lipinski definition) is 2. The predicted molar refractivity (Wildman–Crippen MR) is 78.8 cm³/mol. The third kappa shape index (κ3) is 4.21. The average Bonchev–Trinajstić information content (AvgIpc) is 2.36. The van der Waals surface area contributed by atoms with Crippen molar-refractivity contribution in [2.75, 3.05) is 17.6 Å². The van der Waals surface area contributed by atoms with Gasteiger partial charge in [0.15, 0.2) is 0 Å². The van der Waals surface area contributed by atoms with Crippen molar-refractivity contribution < 1.29 is 8.42 Å². The molecule has 1 aromatic rings. The molecular weight excluding hydrogens is 260 g/mol. The van der Waals surface area contributed by atoms with Crippen molar-refractivity contribution in [2.24, 2.45) is 5.92 Å². The lowest BCUT2D eigenvalue weighted by molar-refractivity contribution is 0.536. The van der Waals surface area contributed by atoms with Gasteiger partial charge in [-0.1, -0.05) is 32.0 Å². The first-order valence-corrected chi connectivity index (χ1v) is 8.43. The van der Waals surface area contributed by atoms with Gasteiger partial charge in [-0.15, -0.1) is 0 Å². The van der Waals surface area contributed by atoms with Crippen LogP contribution in [0.1, 0.15) is 25.8 Å². The zero-order valence-corrected chi connectivity index (χ0v) is 12.3. The summed E-state index contributed by atoms with van der Waals surface area (Å²) in [5.41, 5.74) is 2.28. The van der Waals surface area contributed by atoms with Crippen LogP contribution in [-0.4, -0.2) is 26.8 Å². The van der Waals surface area contributed by atoms with Crippen LogP contribution in [0.25, 0.3) is 0 Å². The maximum Gasteiger partial charge on any atom is 0.211 e. The summed E-state index contributed by atoms with van der Waals surface area (Å²) in [6.07, 6.45) is 1.45. The molecule has 2 rings (SSSR count). The molecule has 1 aromatic carbocycles. The van der Waals surface area contributed by atoms with Crippen LogP contribution in [0.15, 0.2) is 24.3 Å². The van der Waals surface area contributed by atoms with E-state index >= 15 is 0 Å². The second-order valence-electron chi connectivity index (χ2n) is 5.56. The Morgan fingerprint density at radius 2 is 2.11 bits per heavy atom. The molecule has 0 bridgehead atoms. The third-order valence-electron chi connectivity index (χ3n) is 3.33. The van der Waals surface area contributed by atoms with Gasteiger partial charge in [-0.2, -0.15) is 0 Å². The number of rotatable bonds is 5. The monoisotopic (exact) mass is 282 g/mol. The smallest absolute Gasteiger partial charge is 0.211 e. The number of benzene rings is 1. The van der Waals surface area contributed by atoms with Crippen LogP contribution < -0.4 is 10.0 Å². The molecule has 2 N–H and O–H groups in total. The van der Waals surface area contributed by atoms with Gasteiger partial charge in [-0.3, -0.25) is 0 Å². The van der Waals surface area contributed by atoms with Crippen molar-refractivity contribution in [1.82, 2.24) is 4.72 Å². The molecule has 1 unspecified atom stereocenters. The van der Waals surface area contributed by atoms with Crippen LogP contribution >= 0.6 is 0 Å². The number of hydrogen-bond acceptors (Lipinski definition) is 3. The molecule has 0 spiro atoms. The highest BCUT2D eigenvalue weighted by Crippen LogP contribution is 2.21. The first-order valence-electron chi connectivity index (χ1n) is 6.78. The molecule has 0 saturated heterocycles. The first kappa shape index (κ1) is 14.3. The Bertz CT molecular complexity index is 526. The van der Waals surface area contributed by atoms with Crippen molar-refractivity contribution in [2.45, 2.75) is 32.7 Å². The molecule has 1 heterocycles. The minimum atomic E-state index is -3.17. The fourth-order valence-corrected chi connectivity index (χ4v) is 3.80. The topological polar surface area (TPSA) is 58.2 Å². The van der Waals surface area contributed by atoms with Gasteiger partial charge >= 0.3 is 0 Å². The van der Waals surface area contributed by atoms with Crippen LogP contribution in [0.5, 0.6) is 0 Å². The Labute approximate surface area is 115 Å². The number of para-hydroxylation sites is 1. The fourth-order valence-electron chi connectivity index (χ4n) is 2.23. The van der Waals surface area contributed by atoms with Crippen LogP contribution in [0.3, 0.4) is 0 Å². The summed E-state index contributed by atoms with van der Waals surface area (Å²) >= 11 is 0. The summed E-state index contributed by atoms with van der Waals surface area (Å²) in [5.74, 6) is 0.616. The summed E-state index contributed by atoms with van der Waals surface area (Å²) in [4.78, 5) is 0. The second-order valence-corrected chi connectivity index (χ2v) is 7.43.